The molecule has 2 rings (SSSR count). The average Bonchev–Trinajstić information content (AvgIpc) is 2.23. The minimum Gasteiger partial charge on any atom is -0.316 e. The van der Waals surface area contributed by atoms with E-state index in [0.717, 1.165) is 17.9 Å². The van der Waals surface area contributed by atoms with E-state index in [1.165, 1.54) is 58.3 Å². The third kappa shape index (κ3) is 3.46. The molecule has 2 fully saturated rings. The van der Waals surface area contributed by atoms with E-state index >= 15 is 0 Å². The molecule has 2 aliphatic rings. The molecule has 2 nitrogen and oxygen atoms in total. The first-order valence-corrected chi connectivity index (χ1v) is 7.20. The molecular weight excluding hydrogens is 196 g/mol. The smallest absolute Gasteiger partial charge is 0.00979 e. The molecule has 94 valence electrons. The van der Waals surface area contributed by atoms with Crippen molar-refractivity contribution in [3.8, 4) is 0 Å². The molecule has 1 heterocycles. The van der Waals surface area contributed by atoms with E-state index < -0.39 is 0 Å². The predicted molar refractivity (Wildman–Crippen MR) is 69.6 cm³/mol. The van der Waals surface area contributed by atoms with Gasteiger partial charge in [-0.2, -0.15) is 0 Å². The van der Waals surface area contributed by atoms with E-state index in [1.807, 2.05) is 0 Å². The fourth-order valence-corrected chi connectivity index (χ4v) is 3.38. The lowest BCUT2D eigenvalue weighted by atomic mass is 9.85. The van der Waals surface area contributed by atoms with Crippen molar-refractivity contribution < 1.29 is 0 Å². The Labute approximate surface area is 101 Å². The number of hydrogen-bond donors (Lipinski definition) is 1. The Morgan fingerprint density at radius 1 is 1.06 bits per heavy atom. The van der Waals surface area contributed by atoms with Crippen LogP contribution < -0.4 is 5.32 Å². The first-order valence-electron chi connectivity index (χ1n) is 7.20. The van der Waals surface area contributed by atoms with Crippen LogP contribution in [0.4, 0.5) is 0 Å². The Bertz CT molecular complexity index is 205. The first kappa shape index (κ1) is 12.4. The monoisotopic (exact) mass is 224 g/mol. The quantitative estimate of drug-likeness (QED) is 0.736. The summed E-state index contributed by atoms with van der Waals surface area (Å²) >= 11 is 0. The van der Waals surface area contributed by atoms with Crippen LogP contribution in [-0.4, -0.2) is 37.1 Å². The van der Waals surface area contributed by atoms with Crippen LogP contribution in [0.25, 0.3) is 0 Å². The van der Waals surface area contributed by atoms with Gasteiger partial charge in [0.1, 0.15) is 0 Å². The maximum atomic E-state index is 3.54. The molecule has 1 saturated heterocycles. The summed E-state index contributed by atoms with van der Waals surface area (Å²) in [6.45, 7) is 9.86. The first-order chi connectivity index (χ1) is 7.75. The summed E-state index contributed by atoms with van der Waals surface area (Å²) in [6.07, 6.45) is 7.14. The number of nitrogens with zero attached hydrogens (tertiary/aromatic N) is 1. The lowest BCUT2D eigenvalue weighted by Gasteiger charge is -2.39. The Hall–Kier alpha value is -0.0800. The summed E-state index contributed by atoms with van der Waals surface area (Å²) in [5.41, 5.74) is 0. The Balaban J connectivity index is 1.89. The van der Waals surface area contributed by atoms with Crippen molar-refractivity contribution in [2.24, 2.45) is 11.8 Å². The molecule has 0 spiro atoms. The van der Waals surface area contributed by atoms with E-state index in [4.69, 9.17) is 0 Å². The van der Waals surface area contributed by atoms with Gasteiger partial charge in [0.15, 0.2) is 0 Å². The molecule has 0 aromatic rings. The molecule has 3 atom stereocenters. The zero-order chi connectivity index (χ0) is 11.4. The van der Waals surface area contributed by atoms with Gasteiger partial charge >= 0.3 is 0 Å². The minimum atomic E-state index is 0.817. The van der Waals surface area contributed by atoms with E-state index in [0.29, 0.717) is 0 Å². The molecule has 0 aromatic heterocycles. The average molecular weight is 224 g/mol. The largest absolute Gasteiger partial charge is 0.316 e. The summed E-state index contributed by atoms with van der Waals surface area (Å²) < 4.78 is 0. The maximum Gasteiger partial charge on any atom is 0.00979 e. The van der Waals surface area contributed by atoms with Crippen LogP contribution in [0, 0.1) is 11.8 Å². The van der Waals surface area contributed by atoms with Crippen molar-refractivity contribution in [1.82, 2.24) is 10.2 Å². The summed E-state index contributed by atoms with van der Waals surface area (Å²) in [5.74, 6) is 1.77. The van der Waals surface area contributed by atoms with Gasteiger partial charge in [0.05, 0.1) is 0 Å². The second-order valence-corrected chi connectivity index (χ2v) is 6.08. The molecule has 0 amide bonds. The predicted octanol–water partition coefficient (Wildman–Crippen LogP) is 2.50. The maximum absolute atomic E-state index is 3.54. The fourth-order valence-electron chi connectivity index (χ4n) is 3.38. The molecule has 2 heteroatoms. The fraction of sp³-hybridized carbons (Fsp3) is 1.00. The van der Waals surface area contributed by atoms with Crippen LogP contribution in [0.15, 0.2) is 0 Å². The van der Waals surface area contributed by atoms with Crippen LogP contribution >= 0.6 is 0 Å². The van der Waals surface area contributed by atoms with E-state index in [2.05, 4.69) is 24.1 Å². The van der Waals surface area contributed by atoms with Gasteiger partial charge in [-0.15, -0.1) is 0 Å². The molecule has 1 aliphatic carbocycles. The highest BCUT2D eigenvalue weighted by Crippen LogP contribution is 2.28. The summed E-state index contributed by atoms with van der Waals surface area (Å²) in [5, 5.41) is 3.54. The Kier molecular flexibility index (Phi) is 4.66. The summed E-state index contributed by atoms with van der Waals surface area (Å²) in [7, 11) is 0. The van der Waals surface area contributed by atoms with Crippen LogP contribution in [-0.2, 0) is 0 Å². The van der Waals surface area contributed by atoms with Crippen molar-refractivity contribution in [3.05, 3.63) is 0 Å². The highest BCUT2D eigenvalue weighted by atomic mass is 15.2. The van der Waals surface area contributed by atoms with Gasteiger partial charge in [0, 0.05) is 12.6 Å². The van der Waals surface area contributed by atoms with Crippen molar-refractivity contribution >= 4 is 0 Å². The Morgan fingerprint density at radius 2 is 1.94 bits per heavy atom. The van der Waals surface area contributed by atoms with Crippen molar-refractivity contribution in [3.63, 3.8) is 0 Å². The number of hydrogen-bond acceptors (Lipinski definition) is 2. The van der Waals surface area contributed by atoms with Gasteiger partial charge in [-0.25, -0.2) is 0 Å². The molecule has 1 N–H and O–H groups in total. The standard InChI is InChI=1S/C14H28N2/c1-12-5-3-6-14(9-12)16-8-4-7-15-10-13(2)11-16/h12-15H,3-11H2,1-2H3. The van der Waals surface area contributed by atoms with Crippen molar-refractivity contribution in [1.29, 1.82) is 0 Å². The normalized spacial score (nSPS) is 39.0. The summed E-state index contributed by atoms with van der Waals surface area (Å²) in [4.78, 5) is 2.79. The zero-order valence-electron chi connectivity index (χ0n) is 11.0. The molecule has 0 aromatic carbocycles. The topological polar surface area (TPSA) is 15.3 Å². The lowest BCUT2D eigenvalue weighted by Crippen LogP contribution is -2.45. The highest BCUT2D eigenvalue weighted by Gasteiger charge is 2.25. The summed E-state index contributed by atoms with van der Waals surface area (Å²) in [6, 6.07) is 0.893. The molecule has 0 radical (unpaired) electrons. The minimum absolute atomic E-state index is 0.817. The van der Waals surface area contributed by atoms with Crippen molar-refractivity contribution in [2.45, 2.75) is 52.0 Å². The van der Waals surface area contributed by atoms with Gasteiger partial charge in [-0.05, 0) is 50.7 Å². The van der Waals surface area contributed by atoms with Crippen LogP contribution in [0.3, 0.4) is 0 Å². The van der Waals surface area contributed by atoms with Crippen LogP contribution in [0.1, 0.15) is 46.0 Å². The molecule has 0 bridgehead atoms. The van der Waals surface area contributed by atoms with Gasteiger partial charge in [0.2, 0.25) is 0 Å². The van der Waals surface area contributed by atoms with Gasteiger partial charge < -0.3 is 10.2 Å². The van der Waals surface area contributed by atoms with E-state index in [-0.39, 0.29) is 0 Å². The van der Waals surface area contributed by atoms with E-state index in [1.54, 1.807) is 0 Å². The third-order valence-corrected chi connectivity index (χ3v) is 4.26. The van der Waals surface area contributed by atoms with Gasteiger partial charge in [-0.3, -0.25) is 0 Å². The van der Waals surface area contributed by atoms with Crippen LogP contribution in [0.5, 0.6) is 0 Å². The second-order valence-electron chi connectivity index (χ2n) is 6.08. The van der Waals surface area contributed by atoms with Gasteiger partial charge in [0.25, 0.3) is 0 Å². The molecule has 3 unspecified atom stereocenters. The molecular formula is C14H28N2. The van der Waals surface area contributed by atoms with Crippen LogP contribution in [0.2, 0.25) is 0 Å². The number of rotatable bonds is 1. The second kappa shape index (κ2) is 6.02. The molecule has 1 saturated carbocycles. The zero-order valence-corrected chi connectivity index (χ0v) is 11.0. The van der Waals surface area contributed by atoms with Gasteiger partial charge in [-0.1, -0.05) is 26.7 Å². The highest BCUT2D eigenvalue weighted by molar-refractivity contribution is 4.81. The lowest BCUT2D eigenvalue weighted by molar-refractivity contribution is 0.109. The van der Waals surface area contributed by atoms with E-state index in [9.17, 15) is 0 Å². The van der Waals surface area contributed by atoms with Crippen molar-refractivity contribution in [2.75, 3.05) is 26.2 Å². The third-order valence-electron chi connectivity index (χ3n) is 4.26. The Morgan fingerprint density at radius 3 is 2.75 bits per heavy atom. The SMILES string of the molecule is CC1CCCC(N2CCCNCC(C)C2)C1. The molecule has 16 heavy (non-hydrogen) atoms. The number of nitrogens with one attached hydrogen (secondary N) is 1. The molecule has 1 aliphatic heterocycles.